The van der Waals surface area contributed by atoms with Gasteiger partial charge in [-0.2, -0.15) is 0 Å². The van der Waals surface area contributed by atoms with E-state index in [9.17, 15) is 0 Å². The molecule has 0 unspecified atom stereocenters. The topological polar surface area (TPSA) is 26.0 Å². The smallest absolute Gasteiger partial charge is 0.00775 e. The molecular formula is C9H15NS. The molecule has 0 amide bonds. The lowest BCUT2D eigenvalue weighted by Gasteiger charge is -1.98. The van der Waals surface area contributed by atoms with Gasteiger partial charge in [-0.25, -0.2) is 0 Å². The van der Waals surface area contributed by atoms with E-state index in [2.05, 4.69) is 18.4 Å². The first-order valence-electron chi connectivity index (χ1n) is 4.13. The van der Waals surface area contributed by atoms with Crippen LogP contribution in [0.1, 0.15) is 23.8 Å². The maximum atomic E-state index is 5.44. The van der Waals surface area contributed by atoms with E-state index in [1.807, 2.05) is 11.3 Å². The van der Waals surface area contributed by atoms with Crippen LogP contribution < -0.4 is 5.73 Å². The minimum atomic E-state index is 0.807. The van der Waals surface area contributed by atoms with Crippen molar-refractivity contribution in [1.82, 2.24) is 0 Å². The summed E-state index contributed by atoms with van der Waals surface area (Å²) >= 11 is 1.86. The van der Waals surface area contributed by atoms with Gasteiger partial charge in [-0.3, -0.25) is 0 Å². The molecule has 2 heteroatoms. The quantitative estimate of drug-likeness (QED) is 0.734. The summed E-state index contributed by atoms with van der Waals surface area (Å²) in [6.45, 7) is 3.01. The lowest BCUT2D eigenvalue weighted by molar-refractivity contribution is 0.835. The van der Waals surface area contributed by atoms with Gasteiger partial charge in [0.15, 0.2) is 0 Å². The van der Waals surface area contributed by atoms with Crippen LogP contribution >= 0.6 is 11.3 Å². The van der Waals surface area contributed by atoms with Crippen molar-refractivity contribution in [3.63, 3.8) is 0 Å². The fraction of sp³-hybridized carbons (Fsp3) is 0.556. The molecule has 0 aliphatic rings. The molecule has 0 fully saturated rings. The Hall–Kier alpha value is -0.340. The lowest BCUT2D eigenvalue weighted by Crippen LogP contribution is -2.00. The monoisotopic (exact) mass is 169 g/mol. The molecule has 1 rings (SSSR count). The molecule has 0 bridgehead atoms. The minimum Gasteiger partial charge on any atom is -0.330 e. The number of aryl methyl sites for hydroxylation is 2. The number of nitrogens with two attached hydrogens (primary N) is 1. The predicted molar refractivity (Wildman–Crippen MR) is 51.1 cm³/mol. The average Bonchev–Trinajstić information content (AvgIpc) is 2.47. The molecule has 1 heterocycles. The first-order chi connectivity index (χ1) is 5.38. The Morgan fingerprint density at radius 3 is 3.00 bits per heavy atom. The molecule has 0 radical (unpaired) electrons. The Bertz CT molecular complexity index is 205. The van der Waals surface area contributed by atoms with Gasteiger partial charge >= 0.3 is 0 Å². The van der Waals surface area contributed by atoms with Gasteiger partial charge in [-0.15, -0.1) is 11.3 Å². The molecule has 0 aromatic carbocycles. The van der Waals surface area contributed by atoms with Gasteiger partial charge in [0.1, 0.15) is 0 Å². The third kappa shape index (κ3) is 2.31. The fourth-order valence-corrected chi connectivity index (χ4v) is 2.19. The van der Waals surface area contributed by atoms with Gasteiger partial charge in [-0.05, 0) is 42.8 Å². The summed E-state index contributed by atoms with van der Waals surface area (Å²) < 4.78 is 0. The molecular weight excluding hydrogens is 154 g/mol. The van der Waals surface area contributed by atoms with E-state index in [0.717, 1.165) is 25.8 Å². The second kappa shape index (κ2) is 4.52. The molecule has 0 spiro atoms. The summed E-state index contributed by atoms with van der Waals surface area (Å²) in [6.07, 6.45) is 3.44. The number of hydrogen-bond donors (Lipinski definition) is 1. The molecule has 1 aromatic heterocycles. The van der Waals surface area contributed by atoms with Crippen LogP contribution in [-0.4, -0.2) is 6.54 Å². The maximum absolute atomic E-state index is 5.44. The molecule has 0 saturated carbocycles. The van der Waals surface area contributed by atoms with Crippen molar-refractivity contribution >= 4 is 11.3 Å². The van der Waals surface area contributed by atoms with Crippen LogP contribution in [-0.2, 0) is 12.8 Å². The Kier molecular flexibility index (Phi) is 3.60. The zero-order valence-electron chi connectivity index (χ0n) is 6.97. The third-order valence-corrected chi connectivity index (χ3v) is 2.85. The molecule has 0 atom stereocenters. The normalized spacial score (nSPS) is 10.4. The van der Waals surface area contributed by atoms with Crippen molar-refractivity contribution < 1.29 is 0 Å². The summed E-state index contributed by atoms with van der Waals surface area (Å²) in [7, 11) is 0. The van der Waals surface area contributed by atoms with E-state index in [1.165, 1.54) is 10.4 Å². The fourth-order valence-electron chi connectivity index (χ4n) is 1.16. The Balaban J connectivity index is 2.54. The van der Waals surface area contributed by atoms with E-state index in [4.69, 9.17) is 5.73 Å². The van der Waals surface area contributed by atoms with Crippen LogP contribution in [0.25, 0.3) is 0 Å². The average molecular weight is 169 g/mol. The van der Waals surface area contributed by atoms with Gasteiger partial charge in [0, 0.05) is 4.88 Å². The van der Waals surface area contributed by atoms with E-state index < -0.39 is 0 Å². The Labute approximate surface area is 72.2 Å². The number of rotatable bonds is 4. The summed E-state index contributed by atoms with van der Waals surface area (Å²) in [5.74, 6) is 0. The van der Waals surface area contributed by atoms with E-state index in [1.54, 1.807) is 0 Å². The lowest BCUT2D eigenvalue weighted by atomic mass is 10.1. The summed E-state index contributed by atoms with van der Waals surface area (Å²) in [6, 6.07) is 2.22. The summed E-state index contributed by atoms with van der Waals surface area (Å²) in [4.78, 5) is 1.53. The maximum Gasteiger partial charge on any atom is 0.00775 e. The number of hydrogen-bond acceptors (Lipinski definition) is 2. The van der Waals surface area contributed by atoms with Gasteiger partial charge < -0.3 is 5.73 Å². The molecule has 11 heavy (non-hydrogen) atoms. The summed E-state index contributed by atoms with van der Waals surface area (Å²) in [5, 5.41) is 2.17. The first-order valence-corrected chi connectivity index (χ1v) is 5.01. The van der Waals surface area contributed by atoms with E-state index >= 15 is 0 Å². The highest BCUT2D eigenvalue weighted by molar-refractivity contribution is 7.10. The van der Waals surface area contributed by atoms with Crippen molar-refractivity contribution in [2.45, 2.75) is 26.2 Å². The van der Waals surface area contributed by atoms with Gasteiger partial charge in [0.05, 0.1) is 0 Å². The molecule has 1 nitrogen and oxygen atoms in total. The van der Waals surface area contributed by atoms with Crippen LogP contribution in [0, 0.1) is 0 Å². The van der Waals surface area contributed by atoms with Crippen LogP contribution in [0.2, 0.25) is 0 Å². The third-order valence-electron chi connectivity index (χ3n) is 1.83. The number of thiophene rings is 1. The van der Waals surface area contributed by atoms with Crippen LogP contribution in [0.3, 0.4) is 0 Å². The Morgan fingerprint density at radius 1 is 1.55 bits per heavy atom. The highest BCUT2D eigenvalue weighted by atomic mass is 32.1. The second-order valence-electron chi connectivity index (χ2n) is 2.61. The molecule has 0 saturated heterocycles. The van der Waals surface area contributed by atoms with Crippen molar-refractivity contribution in [1.29, 1.82) is 0 Å². The first kappa shape index (κ1) is 8.75. The molecule has 0 aliphatic heterocycles. The zero-order valence-corrected chi connectivity index (χ0v) is 7.79. The predicted octanol–water partition coefficient (Wildman–Crippen LogP) is 2.20. The van der Waals surface area contributed by atoms with Gasteiger partial charge in [0.25, 0.3) is 0 Å². The van der Waals surface area contributed by atoms with Crippen LogP contribution in [0.15, 0.2) is 11.4 Å². The largest absolute Gasteiger partial charge is 0.330 e. The van der Waals surface area contributed by atoms with Crippen molar-refractivity contribution in [2.24, 2.45) is 5.73 Å². The van der Waals surface area contributed by atoms with Gasteiger partial charge in [-0.1, -0.05) is 6.92 Å². The van der Waals surface area contributed by atoms with Gasteiger partial charge in [0.2, 0.25) is 0 Å². The van der Waals surface area contributed by atoms with Crippen LogP contribution in [0.4, 0.5) is 0 Å². The molecule has 2 N–H and O–H groups in total. The van der Waals surface area contributed by atoms with Crippen molar-refractivity contribution in [2.75, 3.05) is 6.54 Å². The van der Waals surface area contributed by atoms with Crippen LogP contribution in [0.5, 0.6) is 0 Å². The second-order valence-corrected chi connectivity index (χ2v) is 3.62. The van der Waals surface area contributed by atoms with Crippen molar-refractivity contribution in [3.8, 4) is 0 Å². The minimum absolute atomic E-state index is 0.807. The highest BCUT2D eigenvalue weighted by Gasteiger charge is 2.00. The molecule has 1 aromatic rings. The highest BCUT2D eigenvalue weighted by Crippen LogP contribution is 2.18. The standard InChI is InChI=1S/C9H15NS/c1-2-8-5-7-11-9(8)4-3-6-10/h5,7H,2-4,6,10H2,1H3. The SMILES string of the molecule is CCc1ccsc1CCCN. The Morgan fingerprint density at radius 2 is 2.36 bits per heavy atom. The zero-order chi connectivity index (χ0) is 8.10. The summed E-state index contributed by atoms with van der Waals surface area (Å²) in [5.41, 5.74) is 6.94. The van der Waals surface area contributed by atoms with E-state index in [-0.39, 0.29) is 0 Å². The molecule has 62 valence electrons. The van der Waals surface area contributed by atoms with Crippen molar-refractivity contribution in [3.05, 3.63) is 21.9 Å². The van der Waals surface area contributed by atoms with E-state index in [0.29, 0.717) is 0 Å². The molecule has 0 aliphatic carbocycles.